The second-order valence-corrected chi connectivity index (χ2v) is 4.39. The number of alkyl halides is 3. The molecule has 0 saturated heterocycles. The number of nitrogens with one attached hydrogen (secondary N) is 1. The summed E-state index contributed by atoms with van der Waals surface area (Å²) >= 11 is 0. The Labute approximate surface area is 110 Å². The van der Waals surface area contributed by atoms with Crippen molar-refractivity contribution < 1.29 is 17.9 Å². The molecule has 19 heavy (non-hydrogen) atoms. The van der Waals surface area contributed by atoms with Crippen molar-refractivity contribution in [1.29, 1.82) is 0 Å². The van der Waals surface area contributed by atoms with Gasteiger partial charge in [-0.2, -0.15) is 13.2 Å². The first kappa shape index (κ1) is 15.9. The van der Waals surface area contributed by atoms with Gasteiger partial charge in [0.1, 0.15) is 12.2 Å². The summed E-state index contributed by atoms with van der Waals surface area (Å²) < 4.78 is 43.3. The van der Waals surface area contributed by atoms with E-state index >= 15 is 0 Å². The Morgan fingerprint density at radius 2 is 2.21 bits per heavy atom. The van der Waals surface area contributed by atoms with Crippen molar-refractivity contribution in [2.45, 2.75) is 45.1 Å². The minimum Gasteiger partial charge on any atom is -0.385 e. The van der Waals surface area contributed by atoms with Crippen LogP contribution in [0.2, 0.25) is 0 Å². The monoisotopic (exact) mass is 280 g/mol. The summed E-state index contributed by atoms with van der Waals surface area (Å²) in [4.78, 5) is 0. The normalized spacial score (nSPS) is 13.7. The van der Waals surface area contributed by atoms with Crippen molar-refractivity contribution in [1.82, 2.24) is 20.1 Å². The van der Waals surface area contributed by atoms with Gasteiger partial charge in [0.15, 0.2) is 0 Å². The van der Waals surface area contributed by atoms with Crippen molar-refractivity contribution in [3.8, 4) is 0 Å². The maximum Gasteiger partial charge on any atom is 0.390 e. The predicted octanol–water partition coefficient (Wildman–Crippen LogP) is 1.75. The molecule has 5 nitrogen and oxygen atoms in total. The molecule has 1 heterocycles. The largest absolute Gasteiger partial charge is 0.390 e. The topological polar surface area (TPSA) is 52.0 Å². The van der Waals surface area contributed by atoms with Crippen LogP contribution in [0.4, 0.5) is 13.2 Å². The zero-order valence-electron chi connectivity index (χ0n) is 11.1. The van der Waals surface area contributed by atoms with E-state index in [1.54, 1.807) is 13.4 Å². The molecule has 0 radical (unpaired) electrons. The highest BCUT2D eigenvalue weighted by Gasteiger charge is 2.29. The zero-order valence-corrected chi connectivity index (χ0v) is 11.1. The van der Waals surface area contributed by atoms with Crippen molar-refractivity contribution in [2.24, 2.45) is 0 Å². The lowest BCUT2D eigenvalue weighted by Crippen LogP contribution is -2.31. The van der Waals surface area contributed by atoms with E-state index in [0.717, 1.165) is 6.42 Å². The highest BCUT2D eigenvalue weighted by molar-refractivity contribution is 4.86. The average molecular weight is 280 g/mol. The molecule has 0 amide bonds. The molecule has 1 aromatic rings. The van der Waals surface area contributed by atoms with Crippen LogP contribution in [0.3, 0.4) is 0 Å². The molecule has 0 fully saturated rings. The fraction of sp³-hybridized carbons (Fsp3) is 0.818. The van der Waals surface area contributed by atoms with E-state index < -0.39 is 18.6 Å². The molecule has 8 heteroatoms. The molecule has 1 rings (SSSR count). The van der Waals surface area contributed by atoms with E-state index in [0.29, 0.717) is 19.0 Å². The number of ether oxygens (including phenoxy) is 1. The third kappa shape index (κ3) is 6.53. The first-order valence-corrected chi connectivity index (χ1v) is 6.08. The maximum atomic E-state index is 12.2. The lowest BCUT2D eigenvalue weighted by molar-refractivity contribution is -0.139. The van der Waals surface area contributed by atoms with Gasteiger partial charge in [0.05, 0.1) is 13.0 Å². The van der Waals surface area contributed by atoms with Crippen LogP contribution in [-0.4, -0.2) is 40.7 Å². The number of rotatable bonds is 8. The number of hydrogen-bond acceptors (Lipinski definition) is 4. The van der Waals surface area contributed by atoms with E-state index in [1.165, 1.54) is 6.92 Å². The average Bonchev–Trinajstić information content (AvgIpc) is 2.72. The number of nitrogens with zero attached hydrogens (tertiary/aromatic N) is 3. The molecule has 0 spiro atoms. The lowest BCUT2D eigenvalue weighted by atomic mass is 10.2. The quantitative estimate of drug-likeness (QED) is 0.737. The fourth-order valence-corrected chi connectivity index (χ4v) is 1.67. The standard InChI is InChI=1S/C11H19F3N4O/c1-9(6-11(12,13)14)15-7-10-17-16-8-18(10)4-3-5-19-2/h8-9,15H,3-7H2,1-2H3/t9-/m0/s1. The minimum absolute atomic E-state index is 0.268. The number of aromatic nitrogens is 3. The van der Waals surface area contributed by atoms with Crippen LogP contribution in [0.25, 0.3) is 0 Å². The fourth-order valence-electron chi connectivity index (χ4n) is 1.67. The van der Waals surface area contributed by atoms with Gasteiger partial charge in [0.2, 0.25) is 0 Å². The lowest BCUT2D eigenvalue weighted by Gasteiger charge is -2.15. The maximum absolute atomic E-state index is 12.2. The molecule has 1 atom stereocenters. The Morgan fingerprint density at radius 1 is 1.47 bits per heavy atom. The van der Waals surface area contributed by atoms with Gasteiger partial charge in [-0.05, 0) is 13.3 Å². The van der Waals surface area contributed by atoms with Gasteiger partial charge < -0.3 is 14.6 Å². The summed E-state index contributed by atoms with van der Waals surface area (Å²) in [6.07, 6.45) is -2.63. The third-order valence-corrected chi connectivity index (χ3v) is 2.59. The van der Waals surface area contributed by atoms with E-state index in [-0.39, 0.29) is 6.54 Å². The first-order valence-electron chi connectivity index (χ1n) is 6.08. The van der Waals surface area contributed by atoms with Gasteiger partial charge in [0.25, 0.3) is 0 Å². The summed E-state index contributed by atoms with van der Waals surface area (Å²) in [7, 11) is 1.62. The molecule has 1 N–H and O–H groups in total. The predicted molar refractivity (Wildman–Crippen MR) is 63.5 cm³/mol. The van der Waals surface area contributed by atoms with Gasteiger partial charge >= 0.3 is 6.18 Å². The minimum atomic E-state index is -4.15. The van der Waals surface area contributed by atoms with E-state index in [4.69, 9.17) is 4.74 Å². The van der Waals surface area contributed by atoms with Crippen LogP contribution in [0, 0.1) is 0 Å². The van der Waals surface area contributed by atoms with Crippen LogP contribution in [-0.2, 0) is 17.8 Å². The SMILES string of the molecule is COCCCn1cnnc1CN[C@@H](C)CC(F)(F)F. The van der Waals surface area contributed by atoms with Crippen molar-refractivity contribution in [3.05, 3.63) is 12.2 Å². The van der Waals surface area contributed by atoms with Crippen molar-refractivity contribution in [3.63, 3.8) is 0 Å². The third-order valence-electron chi connectivity index (χ3n) is 2.59. The van der Waals surface area contributed by atoms with Gasteiger partial charge in [0, 0.05) is 26.3 Å². The molecule has 0 aliphatic carbocycles. The number of aryl methyl sites for hydroxylation is 1. The van der Waals surface area contributed by atoms with E-state index in [1.807, 2.05) is 4.57 Å². The molecule has 0 saturated carbocycles. The second kappa shape index (κ2) is 7.44. The molecule has 0 bridgehead atoms. The van der Waals surface area contributed by atoms with E-state index in [9.17, 15) is 13.2 Å². The van der Waals surface area contributed by atoms with Gasteiger partial charge in [-0.25, -0.2) is 0 Å². The smallest absolute Gasteiger partial charge is 0.385 e. The Kier molecular flexibility index (Phi) is 6.23. The summed E-state index contributed by atoms with van der Waals surface area (Å²) in [6.45, 7) is 3.07. The number of methoxy groups -OCH3 is 1. The van der Waals surface area contributed by atoms with Crippen LogP contribution in [0.15, 0.2) is 6.33 Å². The summed E-state index contributed by atoms with van der Waals surface area (Å²) in [5.41, 5.74) is 0. The first-order chi connectivity index (χ1) is 8.92. The van der Waals surface area contributed by atoms with Crippen molar-refractivity contribution >= 4 is 0 Å². The van der Waals surface area contributed by atoms with Crippen LogP contribution in [0.5, 0.6) is 0 Å². The molecule has 110 valence electrons. The van der Waals surface area contributed by atoms with Gasteiger partial charge in [-0.15, -0.1) is 10.2 Å². The Morgan fingerprint density at radius 3 is 2.84 bits per heavy atom. The number of halogens is 3. The number of hydrogen-bond donors (Lipinski definition) is 1. The van der Waals surface area contributed by atoms with Crippen LogP contribution in [0.1, 0.15) is 25.6 Å². The molecular formula is C11H19F3N4O. The van der Waals surface area contributed by atoms with Gasteiger partial charge in [-0.3, -0.25) is 0 Å². The van der Waals surface area contributed by atoms with Crippen molar-refractivity contribution in [2.75, 3.05) is 13.7 Å². The Balaban J connectivity index is 2.38. The molecule has 0 aromatic carbocycles. The van der Waals surface area contributed by atoms with Crippen LogP contribution >= 0.6 is 0 Å². The summed E-state index contributed by atoms with van der Waals surface area (Å²) in [5, 5.41) is 10.5. The molecular weight excluding hydrogens is 261 g/mol. The molecule has 0 aliphatic rings. The Bertz CT molecular complexity index is 367. The molecule has 1 aromatic heterocycles. The zero-order chi connectivity index (χ0) is 14.3. The van der Waals surface area contributed by atoms with Gasteiger partial charge in [-0.1, -0.05) is 0 Å². The molecule has 0 unspecified atom stereocenters. The second-order valence-electron chi connectivity index (χ2n) is 4.39. The summed E-state index contributed by atoms with van der Waals surface area (Å²) in [6, 6.07) is -0.649. The molecule has 0 aliphatic heterocycles. The highest BCUT2D eigenvalue weighted by atomic mass is 19.4. The van der Waals surface area contributed by atoms with E-state index in [2.05, 4.69) is 15.5 Å². The van der Waals surface area contributed by atoms with Crippen LogP contribution < -0.4 is 5.32 Å². The summed E-state index contributed by atoms with van der Waals surface area (Å²) in [5.74, 6) is 0.630. The Hall–Kier alpha value is -1.15. The highest BCUT2D eigenvalue weighted by Crippen LogP contribution is 2.21.